The van der Waals surface area contributed by atoms with Gasteiger partial charge in [0.1, 0.15) is 5.82 Å². The number of rotatable bonds is 2. The molecule has 0 saturated heterocycles. The second kappa shape index (κ2) is 4.61. The highest BCUT2D eigenvalue weighted by molar-refractivity contribution is 6.10. The van der Waals surface area contributed by atoms with Gasteiger partial charge in [-0.3, -0.25) is 4.79 Å². The molecule has 2 rings (SSSR count). The maximum Gasteiger partial charge on any atom is 0.193 e. The van der Waals surface area contributed by atoms with Gasteiger partial charge in [-0.15, -0.1) is 0 Å². The number of carbonyl (C=O) groups is 1. The number of halogens is 1. The summed E-state index contributed by atoms with van der Waals surface area (Å²) in [6.45, 7) is 3.76. The van der Waals surface area contributed by atoms with Gasteiger partial charge in [0.15, 0.2) is 5.78 Å². The van der Waals surface area contributed by atoms with E-state index >= 15 is 0 Å². The van der Waals surface area contributed by atoms with E-state index in [1.165, 1.54) is 24.3 Å². The number of hydrogen-bond donors (Lipinski definition) is 1. The van der Waals surface area contributed by atoms with Crippen LogP contribution in [0.15, 0.2) is 36.4 Å². The number of aryl methyl sites for hydroxylation is 2. The Morgan fingerprint density at radius 2 is 1.67 bits per heavy atom. The lowest BCUT2D eigenvalue weighted by Gasteiger charge is -2.08. The zero-order valence-electron chi connectivity index (χ0n) is 10.3. The number of hydrogen-bond acceptors (Lipinski definition) is 2. The predicted octanol–water partition coefficient (Wildman–Crippen LogP) is 3.26. The first-order valence-corrected chi connectivity index (χ1v) is 5.66. The molecule has 2 aromatic carbocycles. The first kappa shape index (κ1) is 12.3. The normalized spacial score (nSPS) is 10.4. The molecule has 92 valence electrons. The lowest BCUT2D eigenvalue weighted by atomic mass is 9.96. The standard InChI is InChI=1S/C15H14FNO/c1-9-7-10(2)14(17)8-13(9)15(18)11-3-5-12(16)6-4-11/h3-8H,17H2,1-2H3. The minimum absolute atomic E-state index is 0.140. The summed E-state index contributed by atoms with van der Waals surface area (Å²) < 4.78 is 12.8. The van der Waals surface area contributed by atoms with Crippen LogP contribution in [-0.2, 0) is 0 Å². The third kappa shape index (κ3) is 2.25. The third-order valence-corrected chi connectivity index (χ3v) is 2.96. The van der Waals surface area contributed by atoms with Crippen molar-refractivity contribution in [2.45, 2.75) is 13.8 Å². The Hall–Kier alpha value is -2.16. The highest BCUT2D eigenvalue weighted by atomic mass is 19.1. The molecule has 0 fully saturated rings. The van der Waals surface area contributed by atoms with E-state index in [1.54, 1.807) is 6.07 Å². The average Bonchev–Trinajstić information content (AvgIpc) is 2.34. The van der Waals surface area contributed by atoms with E-state index in [-0.39, 0.29) is 11.6 Å². The molecule has 0 aliphatic rings. The van der Waals surface area contributed by atoms with Crippen LogP contribution in [0.5, 0.6) is 0 Å². The van der Waals surface area contributed by atoms with Gasteiger partial charge in [0, 0.05) is 16.8 Å². The molecule has 3 heteroatoms. The quantitative estimate of drug-likeness (QED) is 0.650. The van der Waals surface area contributed by atoms with Crippen molar-refractivity contribution in [3.63, 3.8) is 0 Å². The average molecular weight is 243 g/mol. The molecule has 18 heavy (non-hydrogen) atoms. The van der Waals surface area contributed by atoms with Gasteiger partial charge in [-0.05, 0) is 55.3 Å². The minimum atomic E-state index is -0.355. The van der Waals surface area contributed by atoms with E-state index < -0.39 is 0 Å². The summed E-state index contributed by atoms with van der Waals surface area (Å²) in [7, 11) is 0. The number of nitrogen functional groups attached to an aromatic ring is 1. The van der Waals surface area contributed by atoms with E-state index in [4.69, 9.17) is 5.73 Å². The first-order chi connectivity index (χ1) is 8.49. The topological polar surface area (TPSA) is 43.1 Å². The first-order valence-electron chi connectivity index (χ1n) is 5.66. The lowest BCUT2D eigenvalue weighted by molar-refractivity contribution is 0.103. The van der Waals surface area contributed by atoms with Crippen LogP contribution >= 0.6 is 0 Å². The molecule has 0 radical (unpaired) electrons. The van der Waals surface area contributed by atoms with Gasteiger partial charge in [-0.1, -0.05) is 6.07 Å². The molecule has 2 N–H and O–H groups in total. The Bertz CT molecular complexity index is 603. The van der Waals surface area contributed by atoms with Gasteiger partial charge < -0.3 is 5.73 Å². The summed E-state index contributed by atoms with van der Waals surface area (Å²) >= 11 is 0. The smallest absolute Gasteiger partial charge is 0.193 e. The molecule has 0 bridgehead atoms. The summed E-state index contributed by atoms with van der Waals surface area (Å²) in [5.74, 6) is -0.495. The summed E-state index contributed by atoms with van der Waals surface area (Å²) in [6, 6.07) is 9.07. The molecule has 2 nitrogen and oxygen atoms in total. The zero-order valence-corrected chi connectivity index (χ0v) is 10.3. The zero-order chi connectivity index (χ0) is 13.3. The lowest BCUT2D eigenvalue weighted by Crippen LogP contribution is -2.05. The maximum atomic E-state index is 12.8. The van der Waals surface area contributed by atoms with Crippen LogP contribution in [-0.4, -0.2) is 5.78 Å². The van der Waals surface area contributed by atoms with Crippen molar-refractivity contribution in [2.24, 2.45) is 0 Å². The van der Waals surface area contributed by atoms with Crippen LogP contribution in [0.25, 0.3) is 0 Å². The number of ketones is 1. The number of benzene rings is 2. The fraction of sp³-hybridized carbons (Fsp3) is 0.133. The number of nitrogens with two attached hydrogens (primary N) is 1. The van der Waals surface area contributed by atoms with E-state index in [9.17, 15) is 9.18 Å². The molecular weight excluding hydrogens is 229 g/mol. The van der Waals surface area contributed by atoms with Gasteiger partial charge >= 0.3 is 0 Å². The summed E-state index contributed by atoms with van der Waals surface area (Å²) in [4.78, 5) is 12.3. The summed E-state index contributed by atoms with van der Waals surface area (Å²) in [5, 5.41) is 0. The van der Waals surface area contributed by atoms with Crippen LogP contribution in [0, 0.1) is 19.7 Å². The minimum Gasteiger partial charge on any atom is -0.398 e. The predicted molar refractivity (Wildman–Crippen MR) is 70.2 cm³/mol. The van der Waals surface area contributed by atoms with E-state index in [0.717, 1.165) is 11.1 Å². The molecule has 0 spiro atoms. The second-order valence-electron chi connectivity index (χ2n) is 4.36. The SMILES string of the molecule is Cc1cc(C)c(C(=O)c2ccc(F)cc2)cc1N. The fourth-order valence-corrected chi connectivity index (χ4v) is 1.87. The van der Waals surface area contributed by atoms with Crippen molar-refractivity contribution in [2.75, 3.05) is 5.73 Å². The maximum absolute atomic E-state index is 12.8. The molecule has 0 unspecified atom stereocenters. The van der Waals surface area contributed by atoms with E-state index in [1.807, 2.05) is 19.9 Å². The van der Waals surface area contributed by atoms with Gasteiger partial charge in [-0.2, -0.15) is 0 Å². The summed E-state index contributed by atoms with van der Waals surface area (Å²) in [6.07, 6.45) is 0. The van der Waals surface area contributed by atoms with Crippen LogP contribution in [0.2, 0.25) is 0 Å². The van der Waals surface area contributed by atoms with Gasteiger partial charge in [0.05, 0.1) is 0 Å². The fourth-order valence-electron chi connectivity index (χ4n) is 1.87. The molecule has 0 amide bonds. The monoisotopic (exact) mass is 243 g/mol. The molecule has 0 heterocycles. The van der Waals surface area contributed by atoms with Crippen LogP contribution in [0.3, 0.4) is 0 Å². The van der Waals surface area contributed by atoms with Gasteiger partial charge in [0.2, 0.25) is 0 Å². The molecule has 0 saturated carbocycles. The van der Waals surface area contributed by atoms with Crippen molar-refractivity contribution in [3.8, 4) is 0 Å². The Labute approximate surface area is 105 Å². The van der Waals surface area contributed by atoms with E-state index in [2.05, 4.69) is 0 Å². The number of anilines is 1. The van der Waals surface area contributed by atoms with Crippen LogP contribution in [0.4, 0.5) is 10.1 Å². The van der Waals surface area contributed by atoms with Gasteiger partial charge in [0.25, 0.3) is 0 Å². The Morgan fingerprint density at radius 3 is 2.28 bits per heavy atom. The molecule has 0 aromatic heterocycles. The Balaban J connectivity index is 2.46. The Morgan fingerprint density at radius 1 is 1.06 bits per heavy atom. The molecular formula is C15H14FNO. The molecule has 0 aliphatic carbocycles. The van der Waals surface area contributed by atoms with Crippen LogP contribution < -0.4 is 5.73 Å². The highest BCUT2D eigenvalue weighted by Crippen LogP contribution is 2.20. The molecule has 0 aliphatic heterocycles. The molecule has 2 aromatic rings. The highest BCUT2D eigenvalue weighted by Gasteiger charge is 2.13. The van der Waals surface area contributed by atoms with Crippen LogP contribution in [0.1, 0.15) is 27.0 Å². The summed E-state index contributed by atoms with van der Waals surface area (Å²) in [5.41, 5.74) is 9.25. The van der Waals surface area contributed by atoms with Crippen molar-refractivity contribution >= 4 is 11.5 Å². The second-order valence-corrected chi connectivity index (χ2v) is 4.36. The number of carbonyl (C=O) groups excluding carboxylic acids is 1. The van der Waals surface area contributed by atoms with Crippen molar-refractivity contribution in [1.82, 2.24) is 0 Å². The molecule has 0 atom stereocenters. The van der Waals surface area contributed by atoms with Gasteiger partial charge in [-0.25, -0.2) is 4.39 Å². The largest absolute Gasteiger partial charge is 0.398 e. The van der Waals surface area contributed by atoms with E-state index in [0.29, 0.717) is 16.8 Å². The Kier molecular flexibility index (Phi) is 3.15. The van der Waals surface area contributed by atoms with Crippen molar-refractivity contribution < 1.29 is 9.18 Å². The van der Waals surface area contributed by atoms with Crippen molar-refractivity contribution in [1.29, 1.82) is 0 Å². The third-order valence-electron chi connectivity index (χ3n) is 2.96. The van der Waals surface area contributed by atoms with Crippen molar-refractivity contribution in [3.05, 3.63) is 64.5 Å².